The molecule has 1 aromatic heterocycles. The lowest BCUT2D eigenvalue weighted by molar-refractivity contribution is -0.121. The highest BCUT2D eigenvalue weighted by atomic mass is 79.9. The molecule has 3 aromatic carbocycles. The number of pyridine rings is 1. The molecule has 0 saturated heterocycles. The van der Waals surface area contributed by atoms with Gasteiger partial charge < -0.3 is 16.0 Å². The van der Waals surface area contributed by atoms with E-state index in [0.717, 1.165) is 26.9 Å². The number of aliphatic imine (C=N–C) groups is 1. The number of fused-ring (bicyclic) bond motifs is 1. The molecule has 3 N–H and O–H groups in total. The molecule has 2 heterocycles. The zero-order valence-corrected chi connectivity index (χ0v) is 35.6. The Morgan fingerprint density at radius 2 is 1.66 bits per heavy atom. The lowest BCUT2D eigenvalue weighted by Gasteiger charge is -2.33. The molecule has 5 atom stereocenters. The van der Waals surface area contributed by atoms with Crippen molar-refractivity contribution in [1.82, 2.24) is 15.6 Å². The van der Waals surface area contributed by atoms with Gasteiger partial charge in [0.15, 0.2) is 0 Å². The molecule has 308 valence electrons. The third kappa shape index (κ3) is 10.8. The second kappa shape index (κ2) is 19.1. The molecule has 2 aliphatic rings. The van der Waals surface area contributed by atoms with Crippen LogP contribution in [0.3, 0.4) is 0 Å². The zero-order valence-electron chi connectivity index (χ0n) is 33.2. The van der Waals surface area contributed by atoms with Gasteiger partial charge in [0.2, 0.25) is 10.0 Å². The average molecular weight is 883 g/mol. The summed E-state index contributed by atoms with van der Waals surface area (Å²) >= 11 is 3.43. The highest BCUT2D eigenvalue weighted by molar-refractivity contribution is 9.10. The summed E-state index contributed by atoms with van der Waals surface area (Å²) in [5.41, 5.74) is 4.57. The fraction of sp³-hybridized carbons (Fsp3) is 0.364. The number of nitrogens with zero attached hydrogens (tertiary/aromatic N) is 4. The van der Waals surface area contributed by atoms with Gasteiger partial charge in [-0.1, -0.05) is 60.1 Å². The Labute approximate surface area is 353 Å². The number of carbonyl (C=O) groups is 3. The fourth-order valence-electron chi connectivity index (χ4n) is 7.67. The molecule has 1 unspecified atom stereocenters. The first-order chi connectivity index (χ1) is 28.2. The van der Waals surface area contributed by atoms with Gasteiger partial charge in [0.25, 0.3) is 11.8 Å². The Hall–Kier alpha value is -5.41. The molecule has 1 aliphatic heterocycles. The van der Waals surface area contributed by atoms with Crippen molar-refractivity contribution in [3.8, 4) is 0 Å². The van der Waals surface area contributed by atoms with Crippen LogP contribution in [-0.4, -0.2) is 67.8 Å². The van der Waals surface area contributed by atoms with Gasteiger partial charge in [-0.2, -0.15) is 0 Å². The van der Waals surface area contributed by atoms with E-state index in [0.29, 0.717) is 37.9 Å². The van der Waals surface area contributed by atoms with Gasteiger partial charge in [0.1, 0.15) is 17.2 Å². The van der Waals surface area contributed by atoms with E-state index < -0.39 is 21.8 Å². The van der Waals surface area contributed by atoms with E-state index >= 15 is 0 Å². The van der Waals surface area contributed by atoms with Crippen LogP contribution in [0.1, 0.15) is 107 Å². The van der Waals surface area contributed by atoms with Gasteiger partial charge in [-0.15, -0.1) is 4.91 Å². The summed E-state index contributed by atoms with van der Waals surface area (Å²) in [4.78, 5) is 61.2. The molecule has 13 nitrogen and oxygen atoms in total. The fourth-order valence-corrected chi connectivity index (χ4v) is 9.25. The first-order valence-electron chi connectivity index (χ1n) is 19.7. The van der Waals surface area contributed by atoms with Crippen molar-refractivity contribution >= 4 is 66.9 Å². The quantitative estimate of drug-likeness (QED) is 0.0845. The number of hydrogen-bond donors (Lipinski definition) is 3. The number of anilines is 1. The van der Waals surface area contributed by atoms with Crippen molar-refractivity contribution in [2.75, 3.05) is 23.1 Å². The van der Waals surface area contributed by atoms with E-state index in [9.17, 15) is 27.7 Å². The maximum absolute atomic E-state index is 14.2. The SMILES string of the molecule is C[C@H](CC1C[C@@H](NC(=O)c2cc(C(=O)N[C@H](C)c3ccc(Br)cc3)cc(N3CCCN=CCS3(=O)=O)c2)Cc2ncccc21)C(=O)CC(=N)[C@H](C)c1ccc(N=O)cc1. The molecule has 0 saturated carbocycles. The molecule has 0 spiro atoms. The van der Waals surface area contributed by atoms with E-state index in [1.165, 1.54) is 28.7 Å². The Kier molecular flexibility index (Phi) is 14.0. The van der Waals surface area contributed by atoms with Gasteiger partial charge in [-0.3, -0.25) is 28.7 Å². The summed E-state index contributed by atoms with van der Waals surface area (Å²) in [5.74, 6) is -2.13. The number of carbonyl (C=O) groups excluding carboxylic acids is 3. The molecular weight excluding hydrogens is 834 g/mol. The van der Waals surface area contributed by atoms with Crippen molar-refractivity contribution in [1.29, 1.82) is 5.41 Å². The number of amides is 2. The van der Waals surface area contributed by atoms with Crippen LogP contribution in [0.5, 0.6) is 0 Å². The summed E-state index contributed by atoms with van der Waals surface area (Å²) in [6, 6.07) is 21.8. The van der Waals surface area contributed by atoms with Gasteiger partial charge in [0.05, 0.1) is 11.7 Å². The van der Waals surface area contributed by atoms with E-state index in [1.54, 1.807) is 30.5 Å². The summed E-state index contributed by atoms with van der Waals surface area (Å²) in [6.07, 6.45) is 4.97. The molecule has 1 aliphatic carbocycles. The van der Waals surface area contributed by atoms with Crippen LogP contribution >= 0.6 is 15.9 Å². The van der Waals surface area contributed by atoms with E-state index in [1.807, 2.05) is 57.2 Å². The predicted octanol–water partition coefficient (Wildman–Crippen LogP) is 7.98. The van der Waals surface area contributed by atoms with Crippen LogP contribution in [-0.2, 0) is 21.2 Å². The predicted molar refractivity (Wildman–Crippen MR) is 234 cm³/mol. The van der Waals surface area contributed by atoms with Crippen LogP contribution in [0, 0.1) is 16.2 Å². The Balaban J connectivity index is 1.21. The molecule has 15 heteroatoms. The third-order valence-corrected chi connectivity index (χ3v) is 13.3. The first kappa shape index (κ1) is 43.2. The zero-order chi connectivity index (χ0) is 42.3. The second-order valence-electron chi connectivity index (χ2n) is 15.4. The number of rotatable bonds is 14. The number of Topliss-reactive ketones (excluding diaryl/α,β-unsaturated/α-hetero) is 1. The van der Waals surface area contributed by atoms with Gasteiger partial charge in [-0.25, -0.2) is 8.42 Å². The number of nitrogens with one attached hydrogen (secondary N) is 3. The van der Waals surface area contributed by atoms with Crippen LogP contribution in [0.25, 0.3) is 0 Å². The Morgan fingerprint density at radius 1 is 0.966 bits per heavy atom. The van der Waals surface area contributed by atoms with Crippen LogP contribution in [0.2, 0.25) is 0 Å². The highest BCUT2D eigenvalue weighted by Crippen LogP contribution is 2.36. The molecule has 0 radical (unpaired) electrons. The third-order valence-electron chi connectivity index (χ3n) is 11.1. The normalized spacial score (nSPS) is 18.9. The lowest BCUT2D eigenvalue weighted by Crippen LogP contribution is -2.41. The number of halogens is 1. The Morgan fingerprint density at radius 3 is 2.37 bits per heavy atom. The summed E-state index contributed by atoms with van der Waals surface area (Å²) in [5, 5.41) is 17.8. The Bertz CT molecular complexity index is 2350. The lowest BCUT2D eigenvalue weighted by atomic mass is 9.77. The molecule has 0 fully saturated rings. The molecule has 59 heavy (non-hydrogen) atoms. The molecule has 0 bridgehead atoms. The maximum atomic E-state index is 14.2. The van der Waals surface area contributed by atoms with E-state index in [2.05, 4.69) is 41.7 Å². The van der Waals surface area contributed by atoms with Crippen LogP contribution < -0.4 is 14.9 Å². The number of aromatic nitrogens is 1. The number of nitroso groups, excluding NO2 is 1. The van der Waals surface area contributed by atoms with Crippen molar-refractivity contribution in [2.24, 2.45) is 16.1 Å². The van der Waals surface area contributed by atoms with E-state index in [-0.39, 0.29) is 76.9 Å². The van der Waals surface area contributed by atoms with Gasteiger partial charge in [0, 0.05) is 83.2 Å². The first-order valence-corrected chi connectivity index (χ1v) is 22.1. The highest BCUT2D eigenvalue weighted by Gasteiger charge is 2.33. The van der Waals surface area contributed by atoms with Crippen molar-refractivity contribution in [3.63, 3.8) is 0 Å². The monoisotopic (exact) mass is 881 g/mol. The van der Waals surface area contributed by atoms with Crippen molar-refractivity contribution in [3.05, 3.63) is 128 Å². The maximum Gasteiger partial charge on any atom is 0.251 e. The smallest absolute Gasteiger partial charge is 0.251 e. The topological polar surface area (TPSA) is 191 Å². The van der Waals surface area contributed by atoms with Crippen LogP contribution in [0.4, 0.5) is 11.4 Å². The molecular formula is C44H48BrN7O6S. The summed E-state index contributed by atoms with van der Waals surface area (Å²) in [7, 11) is -3.85. The van der Waals surface area contributed by atoms with Crippen molar-refractivity contribution < 1.29 is 22.8 Å². The summed E-state index contributed by atoms with van der Waals surface area (Å²) in [6.45, 7) is 6.15. The summed E-state index contributed by atoms with van der Waals surface area (Å²) < 4.78 is 29.1. The number of sulfonamides is 1. The van der Waals surface area contributed by atoms with Gasteiger partial charge in [-0.05, 0) is 103 Å². The number of benzene rings is 3. The number of ketones is 1. The largest absolute Gasteiger partial charge is 0.349 e. The average Bonchev–Trinajstić information content (AvgIpc) is 3.22. The van der Waals surface area contributed by atoms with Crippen molar-refractivity contribution in [2.45, 2.75) is 76.8 Å². The minimum Gasteiger partial charge on any atom is -0.349 e. The molecule has 2 amide bonds. The van der Waals surface area contributed by atoms with E-state index in [4.69, 9.17) is 5.41 Å². The van der Waals surface area contributed by atoms with Gasteiger partial charge >= 0.3 is 0 Å². The molecule has 6 rings (SSSR count). The standard InChI is InChI=1S/C44H48BrN7O6S/c1-27(42(53)26-40(46)28(2)30-9-13-36(51-56)14-10-30)20-32-22-37(25-41-39(32)6-4-16-48-41)50-44(55)34-21-33(43(54)49-29(3)31-7-11-35(45)12-8-31)23-38(24-34)52-18-5-15-47-17-19-59(52,57)58/h4,6-14,16-17,21,23-24,27-29,32,37,46H,5,15,18-20,22,25-26H2,1-3H3,(H,49,54)(H,50,55)/t27-,28-,29-,32?,37-/m1/s1. The minimum absolute atomic E-state index is 0.0174. The second-order valence-corrected chi connectivity index (χ2v) is 18.2. The van der Waals surface area contributed by atoms with Crippen LogP contribution in [0.15, 0.2) is 99.7 Å². The minimum atomic E-state index is -3.85. The number of hydrogen-bond acceptors (Lipinski definition) is 10. The molecule has 4 aromatic rings.